The molecule has 1 aromatic rings. The van der Waals surface area contributed by atoms with Gasteiger partial charge in [0.25, 0.3) is 0 Å². The van der Waals surface area contributed by atoms with Crippen molar-refractivity contribution in [2.45, 2.75) is 38.6 Å². The summed E-state index contributed by atoms with van der Waals surface area (Å²) in [5.74, 6) is 0.554. The van der Waals surface area contributed by atoms with E-state index in [2.05, 4.69) is 31.3 Å². The fourth-order valence-electron chi connectivity index (χ4n) is 2.18. The smallest absolute Gasteiger partial charge is 0.0408 e. The van der Waals surface area contributed by atoms with Gasteiger partial charge in [0.2, 0.25) is 0 Å². The fourth-order valence-corrected chi connectivity index (χ4v) is 2.38. The lowest BCUT2D eigenvalue weighted by Gasteiger charge is -2.25. The Hall–Kier alpha value is -0.530. The molecule has 0 aliphatic rings. The first-order valence-electron chi connectivity index (χ1n) is 5.65. The van der Waals surface area contributed by atoms with Gasteiger partial charge in [-0.05, 0) is 43.5 Å². The van der Waals surface area contributed by atoms with Crippen LogP contribution in [0.25, 0.3) is 0 Å². The van der Waals surface area contributed by atoms with Gasteiger partial charge in [-0.15, -0.1) is 0 Å². The lowest BCUT2D eigenvalue weighted by atomic mass is 9.88. The molecule has 0 aliphatic carbocycles. The second-order valence-electron chi connectivity index (χ2n) is 3.87. The minimum Gasteiger partial charge on any atom is -0.316 e. The van der Waals surface area contributed by atoms with Crippen molar-refractivity contribution < 1.29 is 0 Å². The SMILES string of the molecule is CCC(NC)C(CC)c1cccc(Cl)c1. The van der Waals surface area contributed by atoms with Crippen LogP contribution in [0.1, 0.15) is 38.2 Å². The van der Waals surface area contributed by atoms with E-state index in [1.54, 1.807) is 0 Å². The third-order valence-electron chi connectivity index (χ3n) is 3.01. The Morgan fingerprint density at radius 2 is 2.00 bits per heavy atom. The first-order valence-corrected chi connectivity index (χ1v) is 6.03. The fraction of sp³-hybridized carbons (Fsp3) is 0.538. The number of halogens is 1. The average molecular weight is 226 g/mol. The zero-order valence-corrected chi connectivity index (χ0v) is 10.5. The molecule has 0 saturated carbocycles. The summed E-state index contributed by atoms with van der Waals surface area (Å²) in [5.41, 5.74) is 1.34. The van der Waals surface area contributed by atoms with Crippen molar-refractivity contribution in [3.8, 4) is 0 Å². The predicted octanol–water partition coefficient (Wildman–Crippen LogP) is 3.83. The van der Waals surface area contributed by atoms with Crippen molar-refractivity contribution in [2.24, 2.45) is 0 Å². The molecule has 0 amide bonds. The highest BCUT2D eigenvalue weighted by atomic mass is 35.5. The van der Waals surface area contributed by atoms with Gasteiger partial charge < -0.3 is 5.32 Å². The molecular formula is C13H20ClN. The van der Waals surface area contributed by atoms with E-state index < -0.39 is 0 Å². The number of hydrogen-bond acceptors (Lipinski definition) is 1. The van der Waals surface area contributed by atoms with E-state index in [1.807, 2.05) is 19.2 Å². The van der Waals surface area contributed by atoms with E-state index in [0.717, 1.165) is 17.9 Å². The maximum Gasteiger partial charge on any atom is 0.0408 e. The minimum atomic E-state index is 0.536. The molecule has 2 atom stereocenters. The van der Waals surface area contributed by atoms with Gasteiger partial charge in [-0.3, -0.25) is 0 Å². The third kappa shape index (κ3) is 3.22. The van der Waals surface area contributed by atoms with Gasteiger partial charge in [0.15, 0.2) is 0 Å². The summed E-state index contributed by atoms with van der Waals surface area (Å²) >= 11 is 6.02. The average Bonchev–Trinajstić information content (AvgIpc) is 2.25. The maximum absolute atomic E-state index is 6.02. The van der Waals surface area contributed by atoms with Crippen LogP contribution in [-0.2, 0) is 0 Å². The molecule has 0 radical (unpaired) electrons. The largest absolute Gasteiger partial charge is 0.316 e. The first-order chi connectivity index (χ1) is 7.22. The van der Waals surface area contributed by atoms with Crippen LogP contribution in [0.15, 0.2) is 24.3 Å². The van der Waals surface area contributed by atoms with Crippen molar-refractivity contribution in [3.63, 3.8) is 0 Å². The molecule has 0 bridgehead atoms. The van der Waals surface area contributed by atoms with E-state index in [1.165, 1.54) is 5.56 Å². The molecule has 1 rings (SSSR count). The number of rotatable bonds is 5. The minimum absolute atomic E-state index is 0.536. The summed E-state index contributed by atoms with van der Waals surface area (Å²) in [7, 11) is 2.03. The van der Waals surface area contributed by atoms with Crippen molar-refractivity contribution in [1.82, 2.24) is 5.32 Å². The Morgan fingerprint density at radius 3 is 2.47 bits per heavy atom. The molecule has 2 heteroatoms. The standard InChI is InChI=1S/C13H20ClN/c1-4-12(13(5-2)15-3)10-7-6-8-11(14)9-10/h6-9,12-13,15H,4-5H2,1-3H3. The molecule has 84 valence electrons. The maximum atomic E-state index is 6.02. The Kier molecular flexibility index (Phi) is 5.13. The summed E-state index contributed by atoms with van der Waals surface area (Å²) in [5, 5.41) is 4.21. The molecule has 0 saturated heterocycles. The summed E-state index contributed by atoms with van der Waals surface area (Å²) in [6.45, 7) is 4.44. The number of nitrogens with one attached hydrogen (secondary N) is 1. The van der Waals surface area contributed by atoms with Crippen molar-refractivity contribution in [1.29, 1.82) is 0 Å². The van der Waals surface area contributed by atoms with Crippen LogP contribution in [0, 0.1) is 0 Å². The third-order valence-corrected chi connectivity index (χ3v) is 3.25. The normalized spacial score (nSPS) is 14.9. The highest BCUT2D eigenvalue weighted by Crippen LogP contribution is 2.26. The molecule has 1 nitrogen and oxygen atoms in total. The van der Waals surface area contributed by atoms with Gasteiger partial charge in [-0.2, -0.15) is 0 Å². The van der Waals surface area contributed by atoms with E-state index in [4.69, 9.17) is 11.6 Å². The van der Waals surface area contributed by atoms with Crippen LogP contribution in [0.4, 0.5) is 0 Å². The Morgan fingerprint density at radius 1 is 1.27 bits per heavy atom. The van der Waals surface area contributed by atoms with Gasteiger partial charge in [0.1, 0.15) is 0 Å². The molecule has 1 aromatic carbocycles. The van der Waals surface area contributed by atoms with Crippen molar-refractivity contribution >= 4 is 11.6 Å². The molecule has 1 N–H and O–H groups in total. The number of likely N-dealkylation sites (N-methyl/N-ethyl adjacent to an activating group) is 1. The summed E-state index contributed by atoms with van der Waals surface area (Å²) in [6.07, 6.45) is 2.28. The highest BCUT2D eigenvalue weighted by molar-refractivity contribution is 6.30. The summed E-state index contributed by atoms with van der Waals surface area (Å²) in [6, 6.07) is 8.74. The van der Waals surface area contributed by atoms with Crippen LogP contribution >= 0.6 is 11.6 Å². The van der Waals surface area contributed by atoms with Crippen molar-refractivity contribution in [2.75, 3.05) is 7.05 Å². The quantitative estimate of drug-likeness (QED) is 0.803. The van der Waals surface area contributed by atoms with E-state index >= 15 is 0 Å². The second kappa shape index (κ2) is 6.14. The van der Waals surface area contributed by atoms with Gasteiger partial charge in [0, 0.05) is 11.1 Å². The molecule has 0 fully saturated rings. The predicted molar refractivity (Wildman–Crippen MR) is 67.6 cm³/mol. The van der Waals surface area contributed by atoms with Gasteiger partial charge in [-0.25, -0.2) is 0 Å². The second-order valence-corrected chi connectivity index (χ2v) is 4.31. The Labute approximate surface area is 97.8 Å². The molecule has 2 unspecified atom stereocenters. The molecule has 15 heavy (non-hydrogen) atoms. The van der Waals surface area contributed by atoms with Crippen LogP contribution < -0.4 is 5.32 Å². The highest BCUT2D eigenvalue weighted by Gasteiger charge is 2.18. The van der Waals surface area contributed by atoms with Crippen molar-refractivity contribution in [3.05, 3.63) is 34.9 Å². The molecule has 0 heterocycles. The Bertz CT molecular complexity index is 294. The lowest BCUT2D eigenvalue weighted by molar-refractivity contribution is 0.440. The van der Waals surface area contributed by atoms with Gasteiger partial charge in [0.05, 0.1) is 0 Å². The van der Waals surface area contributed by atoms with Crippen LogP contribution in [0.3, 0.4) is 0 Å². The summed E-state index contributed by atoms with van der Waals surface area (Å²) in [4.78, 5) is 0. The zero-order chi connectivity index (χ0) is 11.3. The van der Waals surface area contributed by atoms with Gasteiger partial charge in [-0.1, -0.05) is 37.6 Å². The molecule has 0 aromatic heterocycles. The molecule has 0 aliphatic heterocycles. The first kappa shape index (κ1) is 12.5. The lowest BCUT2D eigenvalue weighted by Crippen LogP contribution is -2.31. The monoisotopic (exact) mass is 225 g/mol. The van der Waals surface area contributed by atoms with Crippen LogP contribution in [0.2, 0.25) is 5.02 Å². The van der Waals surface area contributed by atoms with E-state index in [9.17, 15) is 0 Å². The topological polar surface area (TPSA) is 12.0 Å². The summed E-state index contributed by atoms with van der Waals surface area (Å²) < 4.78 is 0. The van der Waals surface area contributed by atoms with Crippen LogP contribution in [-0.4, -0.2) is 13.1 Å². The number of benzene rings is 1. The van der Waals surface area contributed by atoms with Crippen LogP contribution in [0.5, 0.6) is 0 Å². The van der Waals surface area contributed by atoms with Gasteiger partial charge >= 0.3 is 0 Å². The molecule has 0 spiro atoms. The zero-order valence-electron chi connectivity index (χ0n) is 9.76. The molecular weight excluding hydrogens is 206 g/mol. The number of hydrogen-bond donors (Lipinski definition) is 1. The van der Waals surface area contributed by atoms with E-state index in [0.29, 0.717) is 12.0 Å². The Balaban J connectivity index is 2.90. The van der Waals surface area contributed by atoms with E-state index in [-0.39, 0.29) is 0 Å².